The molecule has 0 aromatic carbocycles. The Labute approximate surface area is 147 Å². The number of allylic oxidation sites excluding steroid dienone is 3. The monoisotopic (exact) mass is 373 g/mol. The number of rotatable bonds is 5. The topological polar surface area (TPSA) is 55.8 Å². The molecular weight excluding hydrogens is 357 g/mol. The highest BCUT2D eigenvalue weighted by atomic mass is 19.2. The maximum atomic E-state index is 14.0. The van der Waals surface area contributed by atoms with Gasteiger partial charge in [0.2, 0.25) is 0 Å². The van der Waals surface area contributed by atoms with E-state index in [1.165, 1.54) is 11.0 Å². The zero-order valence-corrected chi connectivity index (χ0v) is 14.3. The number of methoxy groups -OCH3 is 1. The smallest absolute Gasteiger partial charge is 0.494 e. The molecule has 26 heavy (non-hydrogen) atoms. The lowest BCUT2D eigenvalue weighted by Gasteiger charge is -2.38. The average molecular weight is 373 g/mol. The molecule has 0 spiro atoms. The van der Waals surface area contributed by atoms with Crippen LogP contribution in [-0.4, -0.2) is 43.3 Å². The van der Waals surface area contributed by atoms with Gasteiger partial charge in [0, 0.05) is 17.8 Å². The van der Waals surface area contributed by atoms with Crippen molar-refractivity contribution in [1.29, 1.82) is 0 Å². The average Bonchev–Trinajstić information content (AvgIpc) is 2.71. The van der Waals surface area contributed by atoms with Crippen molar-refractivity contribution < 1.29 is 36.4 Å². The van der Waals surface area contributed by atoms with E-state index in [-0.39, 0.29) is 11.6 Å². The van der Waals surface area contributed by atoms with Crippen LogP contribution in [0.1, 0.15) is 20.3 Å². The first kappa shape index (κ1) is 19.8. The van der Waals surface area contributed by atoms with Crippen molar-refractivity contribution in [3.63, 3.8) is 0 Å². The van der Waals surface area contributed by atoms with Crippen LogP contribution in [0.5, 0.6) is 0 Å². The van der Waals surface area contributed by atoms with Gasteiger partial charge in [-0.2, -0.15) is 4.39 Å². The minimum Gasteiger partial charge on any atom is -0.494 e. The van der Waals surface area contributed by atoms with Gasteiger partial charge in [0.25, 0.3) is 0 Å². The Morgan fingerprint density at radius 3 is 2.58 bits per heavy atom. The van der Waals surface area contributed by atoms with Gasteiger partial charge in [-0.05, 0) is 25.5 Å². The maximum Gasteiger partial charge on any atom is 0.798 e. The molecule has 0 fully saturated rings. The molecule has 0 saturated carbocycles. The van der Waals surface area contributed by atoms with Gasteiger partial charge < -0.3 is 14.3 Å². The van der Waals surface area contributed by atoms with Gasteiger partial charge in [-0.25, -0.2) is 17.8 Å². The van der Waals surface area contributed by atoms with E-state index in [0.29, 0.717) is 12.5 Å². The summed E-state index contributed by atoms with van der Waals surface area (Å²) < 4.78 is 61.4. The summed E-state index contributed by atoms with van der Waals surface area (Å²) in [5.74, 6) is -5.63. The zero-order chi connectivity index (χ0) is 19.6. The van der Waals surface area contributed by atoms with Gasteiger partial charge in [-0.3, -0.25) is 4.79 Å². The molecule has 2 rings (SSSR count). The Kier molecular flexibility index (Phi) is 5.94. The van der Waals surface area contributed by atoms with Gasteiger partial charge in [-0.1, -0.05) is 6.92 Å². The van der Waals surface area contributed by atoms with Gasteiger partial charge in [0.05, 0.1) is 13.2 Å². The standard InChI is InChI=1S/C16H16BF4NO4/c1-4-8(2)22-7-10(16(24)26-17(20)21)15(23)9-5-11(18)14(19)13(25-3)6-12(9)22/h5-8,12H,4H2,1-3H3. The molecule has 1 heterocycles. The number of halogens is 4. The van der Waals surface area contributed by atoms with E-state index in [9.17, 15) is 27.0 Å². The van der Waals surface area contributed by atoms with E-state index in [1.807, 2.05) is 6.92 Å². The second-order valence-corrected chi connectivity index (χ2v) is 5.68. The van der Waals surface area contributed by atoms with Crippen LogP contribution in [0.3, 0.4) is 0 Å². The van der Waals surface area contributed by atoms with Crippen molar-refractivity contribution in [2.45, 2.75) is 32.4 Å². The number of hydrogen-bond acceptors (Lipinski definition) is 5. The van der Waals surface area contributed by atoms with Crippen LogP contribution < -0.4 is 0 Å². The summed E-state index contributed by atoms with van der Waals surface area (Å²) >= 11 is 0. The Morgan fingerprint density at radius 2 is 2.04 bits per heavy atom. The first-order valence-electron chi connectivity index (χ1n) is 7.77. The van der Waals surface area contributed by atoms with E-state index in [0.717, 1.165) is 13.3 Å². The van der Waals surface area contributed by atoms with Crippen LogP contribution in [0.2, 0.25) is 0 Å². The fourth-order valence-corrected chi connectivity index (χ4v) is 2.66. The van der Waals surface area contributed by atoms with Crippen LogP contribution in [-0.2, 0) is 19.0 Å². The summed E-state index contributed by atoms with van der Waals surface area (Å²) in [4.78, 5) is 25.9. The third kappa shape index (κ3) is 3.68. The molecule has 1 aliphatic carbocycles. The van der Waals surface area contributed by atoms with Crippen molar-refractivity contribution in [3.05, 3.63) is 46.9 Å². The van der Waals surface area contributed by atoms with Gasteiger partial charge >= 0.3 is 13.4 Å². The highest BCUT2D eigenvalue weighted by Crippen LogP contribution is 2.34. The fraction of sp³-hybridized carbons (Fsp3) is 0.375. The number of carbonyl (C=O) groups is 2. The molecule has 1 aliphatic heterocycles. The summed E-state index contributed by atoms with van der Waals surface area (Å²) in [6.45, 7) is 3.55. The van der Waals surface area contributed by atoms with E-state index in [2.05, 4.69) is 4.65 Å². The number of fused-ring (bicyclic) bond motifs is 1. The normalized spacial score (nSPS) is 21.2. The summed E-state index contributed by atoms with van der Waals surface area (Å²) in [6, 6.07) is -1.22. The van der Waals surface area contributed by atoms with Crippen LogP contribution in [0.4, 0.5) is 17.4 Å². The predicted molar refractivity (Wildman–Crippen MR) is 84.9 cm³/mol. The van der Waals surface area contributed by atoms with Crippen molar-refractivity contribution >= 4 is 19.2 Å². The quantitative estimate of drug-likeness (QED) is 0.421. The molecule has 0 N–H and O–H groups in total. The zero-order valence-electron chi connectivity index (χ0n) is 14.3. The van der Waals surface area contributed by atoms with Gasteiger partial charge in [0.1, 0.15) is 5.57 Å². The molecule has 2 atom stereocenters. The molecular formula is C16H16BF4NO4. The number of Topliss-reactive ketones (excluding diaryl/α,β-unsaturated/α-hetero) is 1. The number of carbonyl (C=O) groups excluding carboxylic acids is 2. The highest BCUT2D eigenvalue weighted by molar-refractivity contribution is 6.40. The van der Waals surface area contributed by atoms with E-state index >= 15 is 0 Å². The summed E-state index contributed by atoms with van der Waals surface area (Å²) in [5.41, 5.74) is -0.968. The lowest BCUT2D eigenvalue weighted by atomic mass is 9.90. The molecule has 0 bridgehead atoms. The molecule has 2 aliphatic rings. The molecule has 2 unspecified atom stereocenters. The number of nitrogens with zero attached hydrogens (tertiary/aromatic N) is 1. The van der Waals surface area contributed by atoms with Crippen molar-refractivity contribution in [3.8, 4) is 0 Å². The molecule has 0 aromatic rings. The summed E-state index contributed by atoms with van der Waals surface area (Å²) in [5, 5.41) is 0. The Balaban J connectivity index is 2.61. The lowest BCUT2D eigenvalue weighted by molar-refractivity contribution is -0.133. The highest BCUT2D eigenvalue weighted by Gasteiger charge is 2.40. The van der Waals surface area contributed by atoms with Crippen LogP contribution in [0.25, 0.3) is 0 Å². The van der Waals surface area contributed by atoms with Crippen LogP contribution >= 0.6 is 0 Å². The number of hydrogen-bond donors (Lipinski definition) is 0. The molecule has 0 radical (unpaired) electrons. The van der Waals surface area contributed by atoms with Crippen molar-refractivity contribution in [1.82, 2.24) is 4.90 Å². The van der Waals surface area contributed by atoms with E-state index < -0.39 is 48.3 Å². The lowest BCUT2D eigenvalue weighted by Crippen LogP contribution is -2.45. The number of ketones is 1. The van der Waals surface area contributed by atoms with E-state index in [1.54, 1.807) is 6.92 Å². The number of ether oxygens (including phenoxy) is 1. The van der Waals surface area contributed by atoms with Crippen LogP contribution in [0.15, 0.2) is 46.9 Å². The minimum absolute atomic E-state index is 0.284. The largest absolute Gasteiger partial charge is 0.798 e. The fourth-order valence-electron chi connectivity index (χ4n) is 2.66. The van der Waals surface area contributed by atoms with Crippen molar-refractivity contribution in [2.75, 3.05) is 7.11 Å². The SMILES string of the molecule is CCC(C)N1C=C(C(=O)OB(F)F)C(=O)C2=CC(F)=C(F)C(OC)=CC21. The first-order chi connectivity index (χ1) is 12.2. The Morgan fingerprint density at radius 1 is 1.38 bits per heavy atom. The third-order valence-electron chi connectivity index (χ3n) is 4.18. The molecule has 5 nitrogen and oxygen atoms in total. The second kappa shape index (κ2) is 7.80. The second-order valence-electron chi connectivity index (χ2n) is 5.68. The van der Waals surface area contributed by atoms with Gasteiger partial charge in [0.15, 0.2) is 23.2 Å². The van der Waals surface area contributed by atoms with Gasteiger partial charge in [-0.15, -0.1) is 0 Å². The van der Waals surface area contributed by atoms with Crippen molar-refractivity contribution in [2.24, 2.45) is 0 Å². The minimum atomic E-state index is -3.41. The maximum absolute atomic E-state index is 14.0. The molecule has 0 amide bonds. The Bertz CT molecular complexity index is 745. The Hall–Kier alpha value is -2.52. The van der Waals surface area contributed by atoms with Crippen LogP contribution in [0, 0.1) is 0 Å². The molecule has 140 valence electrons. The first-order valence-corrected chi connectivity index (χ1v) is 7.77. The molecule has 0 aromatic heterocycles. The summed E-state index contributed by atoms with van der Waals surface area (Å²) in [6.07, 6.45) is 3.46. The summed E-state index contributed by atoms with van der Waals surface area (Å²) in [7, 11) is -2.27. The van der Waals surface area contributed by atoms with E-state index in [4.69, 9.17) is 4.74 Å². The molecule has 0 saturated heterocycles. The predicted octanol–water partition coefficient (Wildman–Crippen LogP) is 3.01. The third-order valence-corrected chi connectivity index (χ3v) is 4.18. The molecule has 10 heteroatoms.